The summed E-state index contributed by atoms with van der Waals surface area (Å²) in [7, 11) is 2.05. The van der Waals surface area contributed by atoms with Crippen molar-refractivity contribution in [3.63, 3.8) is 0 Å². The second-order valence-electron chi connectivity index (χ2n) is 4.03. The van der Waals surface area contributed by atoms with E-state index in [-0.39, 0.29) is 12.5 Å². The van der Waals surface area contributed by atoms with E-state index < -0.39 is 0 Å². The number of nitrogens with zero attached hydrogens (tertiary/aromatic N) is 1. The minimum absolute atomic E-state index is 0.231. The van der Waals surface area contributed by atoms with Gasteiger partial charge >= 0.3 is 0 Å². The van der Waals surface area contributed by atoms with Gasteiger partial charge in [-0.05, 0) is 35.6 Å². The second kappa shape index (κ2) is 4.07. The molecule has 0 aliphatic rings. The summed E-state index contributed by atoms with van der Waals surface area (Å²) in [5, 5.41) is 10.5. The molecule has 0 radical (unpaired) electrons. The molecule has 2 rings (SSSR count). The number of hydrogen-bond donors (Lipinski definition) is 1. The minimum atomic E-state index is 0.231. The second-order valence-corrected chi connectivity index (χ2v) is 4.03. The summed E-state index contributed by atoms with van der Waals surface area (Å²) in [6.45, 7) is 2.34. The third kappa shape index (κ3) is 1.77. The Morgan fingerprint density at radius 3 is 2.80 bits per heavy atom. The molecule has 1 unspecified atom stereocenters. The van der Waals surface area contributed by atoms with Crippen LogP contribution in [0.3, 0.4) is 0 Å². The number of hydrogen-bond acceptors (Lipinski definition) is 1. The van der Waals surface area contributed by atoms with E-state index in [1.807, 2.05) is 7.05 Å². The highest BCUT2D eigenvalue weighted by molar-refractivity contribution is 5.80. The van der Waals surface area contributed by atoms with E-state index in [4.69, 9.17) is 0 Å². The van der Waals surface area contributed by atoms with Gasteiger partial charge in [0.2, 0.25) is 0 Å². The molecule has 1 aromatic carbocycles. The summed E-state index contributed by atoms with van der Waals surface area (Å²) in [6, 6.07) is 8.54. The zero-order valence-corrected chi connectivity index (χ0v) is 9.27. The van der Waals surface area contributed by atoms with Crippen molar-refractivity contribution < 1.29 is 5.11 Å². The third-order valence-corrected chi connectivity index (χ3v) is 3.09. The van der Waals surface area contributed by atoms with Crippen LogP contribution in [0.15, 0.2) is 30.5 Å². The number of benzene rings is 1. The van der Waals surface area contributed by atoms with Crippen LogP contribution in [0.2, 0.25) is 0 Å². The molecule has 0 aliphatic carbocycles. The highest BCUT2D eigenvalue weighted by atomic mass is 16.3. The Morgan fingerprint density at radius 1 is 1.33 bits per heavy atom. The number of rotatable bonds is 3. The molecule has 2 nitrogen and oxygen atoms in total. The van der Waals surface area contributed by atoms with Gasteiger partial charge in [0.15, 0.2) is 0 Å². The molecule has 0 fully saturated rings. The van der Waals surface area contributed by atoms with Crippen molar-refractivity contribution >= 4 is 10.9 Å². The fourth-order valence-corrected chi connectivity index (χ4v) is 2.02. The molecular weight excluding hydrogens is 186 g/mol. The van der Waals surface area contributed by atoms with Crippen LogP contribution in [-0.4, -0.2) is 16.3 Å². The lowest BCUT2D eigenvalue weighted by Gasteiger charge is -2.12. The lowest BCUT2D eigenvalue weighted by atomic mass is 9.96. The molecular formula is C13H17NO. The SMILES string of the molecule is CCC(CO)c1ccc2c(ccn2C)c1. The molecule has 0 amide bonds. The van der Waals surface area contributed by atoms with Crippen LogP contribution >= 0.6 is 0 Å². The molecule has 80 valence electrons. The maximum absolute atomic E-state index is 9.25. The van der Waals surface area contributed by atoms with Gasteiger partial charge < -0.3 is 9.67 Å². The Labute approximate surface area is 90.2 Å². The monoisotopic (exact) mass is 203 g/mol. The molecule has 0 saturated carbocycles. The molecule has 15 heavy (non-hydrogen) atoms. The number of fused-ring (bicyclic) bond motifs is 1. The maximum atomic E-state index is 9.25. The summed E-state index contributed by atoms with van der Waals surface area (Å²) in [6.07, 6.45) is 3.04. The topological polar surface area (TPSA) is 25.2 Å². The summed E-state index contributed by atoms with van der Waals surface area (Å²) in [5.74, 6) is 0.273. The zero-order chi connectivity index (χ0) is 10.8. The molecule has 0 spiro atoms. The van der Waals surface area contributed by atoms with Crippen molar-refractivity contribution in [1.82, 2.24) is 4.57 Å². The highest BCUT2D eigenvalue weighted by Crippen LogP contribution is 2.23. The molecule has 1 atom stereocenters. The van der Waals surface area contributed by atoms with Crippen molar-refractivity contribution in [3.8, 4) is 0 Å². The van der Waals surface area contributed by atoms with Gasteiger partial charge in [0.1, 0.15) is 0 Å². The van der Waals surface area contributed by atoms with Crippen LogP contribution in [0.1, 0.15) is 24.8 Å². The van der Waals surface area contributed by atoms with Gasteiger partial charge in [-0.2, -0.15) is 0 Å². The van der Waals surface area contributed by atoms with Gasteiger partial charge in [0, 0.05) is 31.3 Å². The average molecular weight is 203 g/mol. The first-order valence-corrected chi connectivity index (χ1v) is 5.42. The predicted octanol–water partition coefficient (Wildman–Crippen LogP) is 2.66. The van der Waals surface area contributed by atoms with E-state index in [0.29, 0.717) is 0 Å². The van der Waals surface area contributed by atoms with Gasteiger partial charge in [-0.1, -0.05) is 13.0 Å². The highest BCUT2D eigenvalue weighted by Gasteiger charge is 2.08. The van der Waals surface area contributed by atoms with Crippen LogP contribution < -0.4 is 0 Å². The summed E-state index contributed by atoms with van der Waals surface area (Å²) in [4.78, 5) is 0. The summed E-state index contributed by atoms with van der Waals surface area (Å²) in [5.41, 5.74) is 2.48. The Kier molecular flexibility index (Phi) is 2.78. The lowest BCUT2D eigenvalue weighted by Crippen LogP contribution is -2.02. The van der Waals surface area contributed by atoms with Gasteiger partial charge in [0.05, 0.1) is 0 Å². The normalized spacial score (nSPS) is 13.3. The number of aryl methyl sites for hydroxylation is 1. The van der Waals surface area contributed by atoms with Crippen LogP contribution in [0.25, 0.3) is 10.9 Å². The molecule has 0 bridgehead atoms. The number of aliphatic hydroxyl groups is 1. The van der Waals surface area contributed by atoms with Crippen LogP contribution in [0, 0.1) is 0 Å². The quantitative estimate of drug-likeness (QED) is 0.815. The average Bonchev–Trinajstić information content (AvgIpc) is 2.62. The van der Waals surface area contributed by atoms with Crippen molar-refractivity contribution in [2.45, 2.75) is 19.3 Å². The van der Waals surface area contributed by atoms with Crippen LogP contribution in [0.5, 0.6) is 0 Å². The Morgan fingerprint density at radius 2 is 2.13 bits per heavy atom. The summed E-state index contributed by atoms with van der Waals surface area (Å²) < 4.78 is 2.11. The van der Waals surface area contributed by atoms with E-state index >= 15 is 0 Å². The third-order valence-electron chi connectivity index (χ3n) is 3.09. The molecule has 1 aromatic heterocycles. The van der Waals surface area contributed by atoms with E-state index in [9.17, 15) is 5.11 Å². The van der Waals surface area contributed by atoms with Gasteiger partial charge in [-0.3, -0.25) is 0 Å². The first kappa shape index (κ1) is 10.2. The van der Waals surface area contributed by atoms with E-state index in [2.05, 4.69) is 42.0 Å². The standard InChI is InChI=1S/C13H17NO/c1-3-10(9-15)11-4-5-13-12(8-11)6-7-14(13)2/h4-8,10,15H,3,9H2,1-2H3. The van der Waals surface area contributed by atoms with Crippen LogP contribution in [-0.2, 0) is 7.05 Å². The van der Waals surface area contributed by atoms with Crippen molar-refractivity contribution in [2.75, 3.05) is 6.61 Å². The largest absolute Gasteiger partial charge is 0.396 e. The predicted molar refractivity (Wildman–Crippen MR) is 63.0 cm³/mol. The van der Waals surface area contributed by atoms with Crippen LogP contribution in [0.4, 0.5) is 0 Å². The van der Waals surface area contributed by atoms with Gasteiger partial charge in [-0.15, -0.1) is 0 Å². The van der Waals surface area contributed by atoms with Gasteiger partial charge in [-0.25, -0.2) is 0 Å². The molecule has 2 heteroatoms. The smallest absolute Gasteiger partial charge is 0.0499 e. The van der Waals surface area contributed by atoms with E-state index in [1.54, 1.807) is 0 Å². The molecule has 0 aliphatic heterocycles. The van der Waals surface area contributed by atoms with E-state index in [1.165, 1.54) is 16.5 Å². The number of aromatic nitrogens is 1. The number of aliphatic hydroxyl groups excluding tert-OH is 1. The van der Waals surface area contributed by atoms with Crippen molar-refractivity contribution in [3.05, 3.63) is 36.0 Å². The minimum Gasteiger partial charge on any atom is -0.396 e. The van der Waals surface area contributed by atoms with Crippen molar-refractivity contribution in [1.29, 1.82) is 0 Å². The lowest BCUT2D eigenvalue weighted by molar-refractivity contribution is 0.262. The fourth-order valence-electron chi connectivity index (χ4n) is 2.02. The first-order valence-electron chi connectivity index (χ1n) is 5.42. The summed E-state index contributed by atoms with van der Waals surface area (Å²) >= 11 is 0. The van der Waals surface area contributed by atoms with Gasteiger partial charge in [0.25, 0.3) is 0 Å². The maximum Gasteiger partial charge on any atom is 0.0499 e. The first-order chi connectivity index (χ1) is 7.26. The molecule has 1 N–H and O–H groups in total. The molecule has 1 heterocycles. The fraction of sp³-hybridized carbons (Fsp3) is 0.385. The Bertz CT molecular complexity index is 455. The molecule has 2 aromatic rings. The Balaban J connectivity index is 2.46. The Hall–Kier alpha value is -1.28. The molecule has 0 saturated heterocycles. The van der Waals surface area contributed by atoms with E-state index in [0.717, 1.165) is 6.42 Å². The van der Waals surface area contributed by atoms with Crippen molar-refractivity contribution in [2.24, 2.45) is 7.05 Å². The zero-order valence-electron chi connectivity index (χ0n) is 9.27.